The van der Waals surface area contributed by atoms with Crippen LogP contribution in [-0.4, -0.2) is 35.7 Å². The number of methoxy groups -OCH3 is 1. The fourth-order valence-corrected chi connectivity index (χ4v) is 1.86. The van der Waals surface area contributed by atoms with Crippen molar-refractivity contribution in [2.24, 2.45) is 0 Å². The average Bonchev–Trinajstić information content (AvgIpc) is 2.52. The van der Waals surface area contributed by atoms with Gasteiger partial charge in [-0.3, -0.25) is 9.59 Å². The lowest BCUT2D eigenvalue weighted by Gasteiger charge is -2.16. The average molecular weight is 292 g/mol. The van der Waals surface area contributed by atoms with Gasteiger partial charge in [-0.05, 0) is 17.7 Å². The van der Waals surface area contributed by atoms with Gasteiger partial charge in [0.05, 0.1) is 18.1 Å². The molecule has 7 nitrogen and oxygen atoms in total. The van der Waals surface area contributed by atoms with E-state index in [-0.39, 0.29) is 22.1 Å². The van der Waals surface area contributed by atoms with Gasteiger partial charge in [0.15, 0.2) is 12.4 Å². The van der Waals surface area contributed by atoms with Gasteiger partial charge in [-0.15, -0.1) is 0 Å². The summed E-state index contributed by atoms with van der Waals surface area (Å²) in [7, 11) is 1.07. The first-order valence-corrected chi connectivity index (χ1v) is 5.94. The van der Waals surface area contributed by atoms with Crippen LogP contribution in [0.1, 0.15) is 22.0 Å². The number of aliphatic hydroxyl groups excluding tert-OH is 2. The second kappa shape index (κ2) is 5.86. The van der Waals surface area contributed by atoms with Crippen LogP contribution >= 0.6 is 0 Å². The van der Waals surface area contributed by atoms with Crippen LogP contribution in [0, 0.1) is 0 Å². The summed E-state index contributed by atoms with van der Waals surface area (Å²) >= 11 is 0. The van der Waals surface area contributed by atoms with Crippen LogP contribution in [0.5, 0.6) is 0 Å². The molecule has 1 heterocycles. The highest BCUT2D eigenvalue weighted by Crippen LogP contribution is 2.21. The van der Waals surface area contributed by atoms with Gasteiger partial charge in [-0.2, -0.15) is 0 Å². The number of hydrogen-bond acceptors (Lipinski definition) is 7. The van der Waals surface area contributed by atoms with Crippen LogP contribution in [0.3, 0.4) is 0 Å². The maximum atomic E-state index is 12.0. The van der Waals surface area contributed by atoms with Crippen molar-refractivity contribution in [3.63, 3.8) is 0 Å². The predicted molar refractivity (Wildman–Crippen MR) is 70.9 cm³/mol. The van der Waals surface area contributed by atoms with E-state index >= 15 is 0 Å². The zero-order valence-corrected chi connectivity index (χ0v) is 11.0. The van der Waals surface area contributed by atoms with Gasteiger partial charge in [0.25, 0.3) is 0 Å². The SMILES string of the molecule is COC(=O)C(O)C(O)c1ccc2occ(C=O)c(=O)c2c1. The molecule has 0 aliphatic carbocycles. The van der Waals surface area contributed by atoms with Crippen molar-refractivity contribution < 1.29 is 29.0 Å². The summed E-state index contributed by atoms with van der Waals surface area (Å²) in [6.45, 7) is 0. The van der Waals surface area contributed by atoms with E-state index < -0.39 is 23.6 Å². The van der Waals surface area contributed by atoms with Crippen LogP contribution in [0.4, 0.5) is 0 Å². The van der Waals surface area contributed by atoms with Crippen molar-refractivity contribution in [1.29, 1.82) is 0 Å². The number of aldehydes is 1. The largest absolute Gasteiger partial charge is 0.467 e. The number of fused-ring (bicyclic) bond motifs is 1. The van der Waals surface area contributed by atoms with Crippen LogP contribution < -0.4 is 5.43 Å². The molecule has 7 heteroatoms. The van der Waals surface area contributed by atoms with E-state index in [2.05, 4.69) is 4.74 Å². The summed E-state index contributed by atoms with van der Waals surface area (Å²) in [5, 5.41) is 19.6. The molecule has 0 saturated carbocycles. The lowest BCUT2D eigenvalue weighted by molar-refractivity contribution is -0.156. The number of carbonyl (C=O) groups is 2. The Morgan fingerprint density at radius 3 is 2.71 bits per heavy atom. The summed E-state index contributed by atoms with van der Waals surface area (Å²) in [6, 6.07) is 4.04. The molecule has 0 bridgehead atoms. The van der Waals surface area contributed by atoms with E-state index in [9.17, 15) is 24.6 Å². The van der Waals surface area contributed by atoms with Gasteiger partial charge >= 0.3 is 5.97 Å². The Morgan fingerprint density at radius 1 is 1.38 bits per heavy atom. The molecular weight excluding hydrogens is 280 g/mol. The Kier molecular flexibility index (Phi) is 4.15. The van der Waals surface area contributed by atoms with Gasteiger partial charge in [-0.1, -0.05) is 6.07 Å². The first-order chi connectivity index (χ1) is 9.99. The predicted octanol–water partition coefficient (Wildman–Crippen LogP) is 0.173. The summed E-state index contributed by atoms with van der Waals surface area (Å²) in [5.41, 5.74) is -0.389. The fourth-order valence-electron chi connectivity index (χ4n) is 1.86. The molecule has 1 aromatic carbocycles. The van der Waals surface area contributed by atoms with Crippen LogP contribution in [0.15, 0.2) is 33.7 Å². The third-order valence-corrected chi connectivity index (χ3v) is 3.03. The second-order valence-corrected chi connectivity index (χ2v) is 4.31. The minimum atomic E-state index is -1.78. The van der Waals surface area contributed by atoms with Crippen molar-refractivity contribution >= 4 is 23.2 Å². The maximum absolute atomic E-state index is 12.0. The smallest absolute Gasteiger partial charge is 0.337 e. The number of aliphatic hydroxyl groups is 2. The van der Waals surface area contributed by atoms with E-state index in [1.165, 1.54) is 18.2 Å². The zero-order chi connectivity index (χ0) is 15.6. The van der Waals surface area contributed by atoms with Crippen molar-refractivity contribution in [2.45, 2.75) is 12.2 Å². The molecule has 2 rings (SSSR count). The molecule has 1 aromatic heterocycles. The number of ether oxygens (including phenoxy) is 1. The van der Waals surface area contributed by atoms with Crippen molar-refractivity contribution in [3.05, 3.63) is 45.8 Å². The third-order valence-electron chi connectivity index (χ3n) is 3.03. The van der Waals surface area contributed by atoms with E-state index in [4.69, 9.17) is 4.42 Å². The Labute approximate surface area is 118 Å². The van der Waals surface area contributed by atoms with E-state index in [1.807, 2.05) is 0 Å². The summed E-state index contributed by atoms with van der Waals surface area (Å²) in [6.07, 6.45) is -1.95. The molecular formula is C14H12O7. The minimum Gasteiger partial charge on any atom is -0.467 e. The number of rotatable bonds is 4. The highest BCUT2D eigenvalue weighted by atomic mass is 16.5. The van der Waals surface area contributed by atoms with Crippen molar-refractivity contribution in [3.8, 4) is 0 Å². The molecule has 0 aliphatic rings. The number of hydrogen-bond donors (Lipinski definition) is 2. The van der Waals surface area contributed by atoms with Crippen LogP contribution in [0.2, 0.25) is 0 Å². The Hall–Kier alpha value is -2.51. The highest BCUT2D eigenvalue weighted by molar-refractivity contribution is 5.84. The van der Waals surface area contributed by atoms with E-state index in [0.717, 1.165) is 13.4 Å². The standard InChI is InChI=1S/C14H12O7/c1-20-14(19)13(18)12(17)7-2-3-10-9(4-7)11(16)8(5-15)6-21-10/h2-6,12-13,17-18H,1H3. The van der Waals surface area contributed by atoms with Gasteiger partial charge in [-0.25, -0.2) is 4.79 Å². The minimum absolute atomic E-state index is 0.0632. The number of esters is 1. The van der Waals surface area contributed by atoms with E-state index in [0.29, 0.717) is 6.29 Å². The molecule has 2 atom stereocenters. The third kappa shape index (κ3) is 2.69. The molecule has 2 N–H and O–H groups in total. The summed E-state index contributed by atoms with van der Waals surface area (Å²) < 4.78 is 9.44. The molecule has 2 unspecified atom stereocenters. The van der Waals surface area contributed by atoms with Gasteiger partial charge in [0.1, 0.15) is 18.0 Å². The van der Waals surface area contributed by atoms with Gasteiger partial charge in [0.2, 0.25) is 5.43 Å². The molecule has 0 aliphatic heterocycles. The summed E-state index contributed by atoms with van der Waals surface area (Å²) in [4.78, 5) is 33.9. The Balaban J connectivity index is 2.51. The topological polar surface area (TPSA) is 114 Å². The van der Waals surface area contributed by atoms with Crippen LogP contribution in [0.25, 0.3) is 11.0 Å². The quantitative estimate of drug-likeness (QED) is 0.610. The molecule has 110 valence electrons. The normalized spacial score (nSPS) is 13.7. The Morgan fingerprint density at radius 2 is 2.10 bits per heavy atom. The van der Waals surface area contributed by atoms with Gasteiger partial charge in [0, 0.05) is 0 Å². The van der Waals surface area contributed by atoms with Crippen LogP contribution in [-0.2, 0) is 9.53 Å². The van der Waals surface area contributed by atoms with E-state index in [1.54, 1.807) is 0 Å². The maximum Gasteiger partial charge on any atom is 0.337 e. The zero-order valence-electron chi connectivity index (χ0n) is 11.0. The second-order valence-electron chi connectivity index (χ2n) is 4.31. The highest BCUT2D eigenvalue weighted by Gasteiger charge is 2.26. The molecule has 21 heavy (non-hydrogen) atoms. The molecule has 2 aromatic rings. The first kappa shape index (κ1) is 14.9. The van der Waals surface area contributed by atoms with Crippen molar-refractivity contribution in [2.75, 3.05) is 7.11 Å². The fraction of sp³-hybridized carbons (Fsp3) is 0.214. The molecule has 0 saturated heterocycles. The van der Waals surface area contributed by atoms with Crippen molar-refractivity contribution in [1.82, 2.24) is 0 Å². The Bertz CT molecular complexity index is 747. The molecule has 0 spiro atoms. The molecule has 0 amide bonds. The number of benzene rings is 1. The molecule has 0 fully saturated rings. The summed E-state index contributed by atoms with van der Waals surface area (Å²) in [5.74, 6) is -1.00. The number of carbonyl (C=O) groups excluding carboxylic acids is 2. The lowest BCUT2D eigenvalue weighted by atomic mass is 10.0. The molecule has 0 radical (unpaired) electrons. The monoisotopic (exact) mass is 292 g/mol. The first-order valence-electron chi connectivity index (χ1n) is 5.94. The van der Waals surface area contributed by atoms with Gasteiger partial charge < -0.3 is 19.4 Å². The lowest BCUT2D eigenvalue weighted by Crippen LogP contribution is -2.29.